The van der Waals surface area contributed by atoms with Crippen molar-refractivity contribution in [3.8, 4) is 0 Å². The number of carbonyl (C=O) groups excluding carboxylic acids is 1. The summed E-state index contributed by atoms with van der Waals surface area (Å²) in [7, 11) is 0. The van der Waals surface area contributed by atoms with Gasteiger partial charge in [0.1, 0.15) is 23.2 Å². The molecule has 28 heavy (non-hydrogen) atoms. The molecule has 2 N–H and O–H groups in total. The SMILES string of the molecule is Cc1nc(NCCc2ccc(F)cc2)cc(C(=O)NCCN2CCOCC2)n1. The molecule has 0 aliphatic carbocycles. The largest absolute Gasteiger partial charge is 0.379 e. The Morgan fingerprint density at radius 1 is 1.18 bits per heavy atom. The second-order valence-electron chi connectivity index (χ2n) is 6.70. The van der Waals surface area contributed by atoms with E-state index < -0.39 is 0 Å². The molecule has 1 fully saturated rings. The minimum absolute atomic E-state index is 0.208. The van der Waals surface area contributed by atoms with Gasteiger partial charge in [-0.2, -0.15) is 0 Å². The van der Waals surface area contributed by atoms with Crippen molar-refractivity contribution in [1.29, 1.82) is 0 Å². The van der Waals surface area contributed by atoms with Crippen molar-refractivity contribution in [2.75, 3.05) is 51.3 Å². The Balaban J connectivity index is 1.48. The zero-order valence-corrected chi connectivity index (χ0v) is 16.1. The van der Waals surface area contributed by atoms with E-state index in [4.69, 9.17) is 4.74 Å². The maximum atomic E-state index is 13.0. The van der Waals surface area contributed by atoms with Crippen LogP contribution < -0.4 is 10.6 Å². The van der Waals surface area contributed by atoms with Crippen LogP contribution in [0, 0.1) is 12.7 Å². The number of halogens is 1. The van der Waals surface area contributed by atoms with Crippen LogP contribution in [-0.2, 0) is 11.2 Å². The second kappa shape index (κ2) is 10.1. The highest BCUT2D eigenvalue weighted by Gasteiger charge is 2.13. The van der Waals surface area contributed by atoms with Crippen LogP contribution >= 0.6 is 0 Å². The number of aromatic nitrogens is 2. The maximum Gasteiger partial charge on any atom is 0.270 e. The molecule has 150 valence electrons. The average Bonchev–Trinajstić information content (AvgIpc) is 2.70. The predicted molar refractivity (Wildman–Crippen MR) is 105 cm³/mol. The lowest BCUT2D eigenvalue weighted by molar-refractivity contribution is 0.0383. The molecule has 1 aromatic heterocycles. The molecule has 0 unspecified atom stereocenters. The summed E-state index contributed by atoms with van der Waals surface area (Å²) in [5, 5.41) is 6.12. The molecular weight excluding hydrogens is 361 g/mol. The fourth-order valence-electron chi connectivity index (χ4n) is 3.00. The van der Waals surface area contributed by atoms with Crippen molar-refractivity contribution in [3.63, 3.8) is 0 Å². The molecule has 1 aliphatic rings. The summed E-state index contributed by atoms with van der Waals surface area (Å²) < 4.78 is 18.3. The predicted octanol–water partition coefficient (Wildman–Crippen LogP) is 1.64. The number of anilines is 1. The number of ether oxygens (including phenoxy) is 1. The van der Waals surface area contributed by atoms with Gasteiger partial charge in [0, 0.05) is 38.8 Å². The molecule has 3 rings (SSSR count). The van der Waals surface area contributed by atoms with Crippen molar-refractivity contribution < 1.29 is 13.9 Å². The van der Waals surface area contributed by atoms with Gasteiger partial charge in [-0.25, -0.2) is 14.4 Å². The highest BCUT2D eigenvalue weighted by molar-refractivity contribution is 5.92. The first kappa shape index (κ1) is 20.2. The third-order valence-corrected chi connectivity index (χ3v) is 4.52. The smallest absolute Gasteiger partial charge is 0.270 e. The number of rotatable bonds is 8. The van der Waals surface area contributed by atoms with Gasteiger partial charge in [0.05, 0.1) is 13.2 Å². The number of morpholine rings is 1. The molecule has 0 atom stereocenters. The van der Waals surface area contributed by atoms with Gasteiger partial charge < -0.3 is 15.4 Å². The third kappa shape index (κ3) is 6.24. The molecule has 2 aromatic rings. The van der Waals surface area contributed by atoms with Gasteiger partial charge in [-0.3, -0.25) is 9.69 Å². The molecule has 0 spiro atoms. The Bertz CT molecular complexity index is 779. The second-order valence-corrected chi connectivity index (χ2v) is 6.70. The van der Waals surface area contributed by atoms with Crippen LogP contribution in [0.15, 0.2) is 30.3 Å². The van der Waals surface area contributed by atoms with E-state index in [1.54, 1.807) is 25.1 Å². The molecular formula is C20H26FN5O2. The zero-order chi connectivity index (χ0) is 19.8. The normalized spacial score (nSPS) is 14.6. The molecule has 1 aromatic carbocycles. The summed E-state index contributed by atoms with van der Waals surface area (Å²) in [6.07, 6.45) is 0.727. The number of nitrogens with one attached hydrogen (secondary N) is 2. The highest BCUT2D eigenvalue weighted by atomic mass is 19.1. The van der Waals surface area contributed by atoms with Gasteiger partial charge in [-0.15, -0.1) is 0 Å². The number of benzene rings is 1. The molecule has 0 bridgehead atoms. The molecule has 1 amide bonds. The van der Waals surface area contributed by atoms with Gasteiger partial charge >= 0.3 is 0 Å². The van der Waals surface area contributed by atoms with Crippen molar-refractivity contribution in [3.05, 3.63) is 53.2 Å². The molecule has 2 heterocycles. The molecule has 8 heteroatoms. The molecule has 0 radical (unpaired) electrons. The lowest BCUT2D eigenvalue weighted by Crippen LogP contribution is -2.41. The van der Waals surface area contributed by atoms with Gasteiger partial charge in [0.15, 0.2) is 0 Å². The van der Waals surface area contributed by atoms with Gasteiger partial charge in [0.2, 0.25) is 0 Å². The Labute approximate surface area is 164 Å². The summed E-state index contributed by atoms with van der Waals surface area (Å²) in [6.45, 7) is 7.01. The zero-order valence-electron chi connectivity index (χ0n) is 16.1. The summed E-state index contributed by atoms with van der Waals surface area (Å²) in [5.74, 6) is 0.686. The van der Waals surface area contributed by atoms with Crippen LogP contribution in [0.1, 0.15) is 21.9 Å². The van der Waals surface area contributed by atoms with E-state index >= 15 is 0 Å². The van der Waals surface area contributed by atoms with Crippen molar-refractivity contribution in [2.45, 2.75) is 13.3 Å². The number of aryl methyl sites for hydroxylation is 1. The Kier molecular flexibility index (Phi) is 7.27. The van der Waals surface area contributed by atoms with Crippen molar-refractivity contribution in [1.82, 2.24) is 20.2 Å². The highest BCUT2D eigenvalue weighted by Crippen LogP contribution is 2.08. The first-order valence-corrected chi connectivity index (χ1v) is 9.52. The number of hydrogen-bond donors (Lipinski definition) is 2. The minimum atomic E-state index is -0.243. The van der Waals surface area contributed by atoms with Crippen LogP contribution in [0.4, 0.5) is 10.2 Å². The van der Waals surface area contributed by atoms with E-state index in [9.17, 15) is 9.18 Å². The lowest BCUT2D eigenvalue weighted by atomic mass is 10.1. The number of carbonyl (C=O) groups is 1. The quantitative estimate of drug-likeness (QED) is 0.717. The maximum absolute atomic E-state index is 13.0. The summed E-state index contributed by atoms with van der Waals surface area (Å²) in [4.78, 5) is 23.2. The third-order valence-electron chi connectivity index (χ3n) is 4.52. The van der Waals surface area contributed by atoms with Crippen LogP contribution in [0.5, 0.6) is 0 Å². The van der Waals surface area contributed by atoms with Crippen LogP contribution in [0.25, 0.3) is 0 Å². The standard InChI is InChI=1S/C20H26FN5O2/c1-15-24-18(20(27)23-8-9-26-10-12-28-13-11-26)14-19(25-15)22-7-6-16-2-4-17(21)5-3-16/h2-5,14H,6-13H2,1H3,(H,23,27)(H,22,24,25). The number of amides is 1. The summed E-state index contributed by atoms with van der Waals surface area (Å²) >= 11 is 0. The first-order chi connectivity index (χ1) is 13.6. The topological polar surface area (TPSA) is 79.4 Å². The van der Waals surface area contributed by atoms with Gasteiger partial charge in [0.25, 0.3) is 5.91 Å². The lowest BCUT2D eigenvalue weighted by Gasteiger charge is -2.26. The van der Waals surface area contributed by atoms with E-state index in [-0.39, 0.29) is 11.7 Å². The first-order valence-electron chi connectivity index (χ1n) is 9.52. The van der Waals surface area contributed by atoms with Gasteiger partial charge in [-0.1, -0.05) is 12.1 Å². The molecule has 1 saturated heterocycles. The van der Waals surface area contributed by atoms with E-state index in [1.165, 1.54) is 12.1 Å². The van der Waals surface area contributed by atoms with Crippen molar-refractivity contribution >= 4 is 11.7 Å². The Hall–Kier alpha value is -2.58. The monoisotopic (exact) mass is 387 g/mol. The Morgan fingerprint density at radius 3 is 2.68 bits per heavy atom. The number of hydrogen-bond acceptors (Lipinski definition) is 6. The fourth-order valence-corrected chi connectivity index (χ4v) is 3.00. The van der Waals surface area contributed by atoms with Crippen LogP contribution in [-0.4, -0.2) is 66.7 Å². The van der Waals surface area contributed by atoms with E-state index in [2.05, 4.69) is 25.5 Å². The minimum Gasteiger partial charge on any atom is -0.379 e. The average molecular weight is 387 g/mol. The van der Waals surface area contributed by atoms with E-state index in [1.807, 2.05) is 0 Å². The van der Waals surface area contributed by atoms with Gasteiger partial charge in [-0.05, 0) is 31.0 Å². The van der Waals surface area contributed by atoms with E-state index in [0.29, 0.717) is 30.4 Å². The van der Waals surface area contributed by atoms with Crippen molar-refractivity contribution in [2.24, 2.45) is 0 Å². The van der Waals surface area contributed by atoms with Crippen LogP contribution in [0.3, 0.4) is 0 Å². The fraction of sp³-hybridized carbons (Fsp3) is 0.450. The summed E-state index contributed by atoms with van der Waals surface area (Å²) in [6, 6.07) is 8.07. The van der Waals surface area contributed by atoms with E-state index in [0.717, 1.165) is 44.8 Å². The van der Waals surface area contributed by atoms with Crippen LogP contribution in [0.2, 0.25) is 0 Å². The summed E-state index contributed by atoms with van der Waals surface area (Å²) in [5.41, 5.74) is 1.37. The number of nitrogens with zero attached hydrogens (tertiary/aromatic N) is 3. The molecule has 1 aliphatic heterocycles. The Morgan fingerprint density at radius 2 is 1.93 bits per heavy atom. The molecule has 0 saturated carbocycles. The molecule has 7 nitrogen and oxygen atoms in total.